The minimum atomic E-state index is -0.902. The van der Waals surface area contributed by atoms with Crippen molar-refractivity contribution >= 4 is 28.9 Å². The van der Waals surface area contributed by atoms with Gasteiger partial charge in [0.1, 0.15) is 5.01 Å². The van der Waals surface area contributed by atoms with Crippen LogP contribution < -0.4 is 5.32 Å². The van der Waals surface area contributed by atoms with Gasteiger partial charge in [0.25, 0.3) is 5.69 Å². The van der Waals surface area contributed by atoms with Crippen molar-refractivity contribution in [1.82, 2.24) is 10.3 Å². The molecule has 9 heteroatoms. The van der Waals surface area contributed by atoms with Crippen LogP contribution >= 0.6 is 11.3 Å². The smallest absolute Gasteiger partial charge is 0.308 e. The SMILES string of the molecule is Cc1ccc(-c2nc(CC(=O)NC(CC(=O)OC(C)C)c3ccccc3[N+](=O)[O-])cs2)cc1. The van der Waals surface area contributed by atoms with Crippen molar-refractivity contribution in [2.24, 2.45) is 0 Å². The summed E-state index contributed by atoms with van der Waals surface area (Å²) >= 11 is 1.44. The topological polar surface area (TPSA) is 111 Å². The molecule has 33 heavy (non-hydrogen) atoms. The van der Waals surface area contributed by atoms with Crippen molar-refractivity contribution in [3.05, 3.63) is 80.8 Å². The zero-order valence-corrected chi connectivity index (χ0v) is 19.4. The lowest BCUT2D eigenvalue weighted by molar-refractivity contribution is -0.385. The van der Waals surface area contributed by atoms with Gasteiger partial charge in [-0.2, -0.15) is 0 Å². The molecule has 8 nitrogen and oxygen atoms in total. The van der Waals surface area contributed by atoms with E-state index in [1.54, 1.807) is 19.9 Å². The number of nitrogens with one attached hydrogen (secondary N) is 1. The molecular formula is C24H25N3O5S. The Labute approximate surface area is 195 Å². The molecule has 2 aromatic carbocycles. The van der Waals surface area contributed by atoms with Gasteiger partial charge in [-0.15, -0.1) is 11.3 Å². The van der Waals surface area contributed by atoms with Gasteiger partial charge in [-0.1, -0.05) is 48.0 Å². The lowest BCUT2D eigenvalue weighted by Crippen LogP contribution is -2.32. The third kappa shape index (κ3) is 6.69. The number of aryl methyl sites for hydroxylation is 1. The Bertz CT molecular complexity index is 1140. The van der Waals surface area contributed by atoms with E-state index in [1.807, 2.05) is 36.6 Å². The molecule has 1 N–H and O–H groups in total. The minimum Gasteiger partial charge on any atom is -0.463 e. The molecule has 0 radical (unpaired) electrons. The standard InChI is InChI=1S/C24H25N3O5S/c1-15(2)32-23(29)13-20(19-6-4-5-7-21(19)27(30)31)26-22(28)12-18-14-33-24(25-18)17-10-8-16(3)9-11-17/h4-11,14-15,20H,12-13H2,1-3H3,(H,26,28). The molecule has 1 aromatic heterocycles. The molecule has 3 rings (SSSR count). The summed E-state index contributed by atoms with van der Waals surface area (Å²) in [6, 6.07) is 13.1. The van der Waals surface area contributed by atoms with Gasteiger partial charge in [-0.05, 0) is 20.8 Å². The predicted octanol–water partition coefficient (Wildman–Crippen LogP) is 4.77. The first-order valence-electron chi connectivity index (χ1n) is 10.5. The molecule has 0 spiro atoms. The fourth-order valence-corrected chi connectivity index (χ4v) is 4.12. The maximum atomic E-state index is 12.8. The molecule has 0 bridgehead atoms. The average Bonchev–Trinajstić information content (AvgIpc) is 3.21. The summed E-state index contributed by atoms with van der Waals surface area (Å²) in [5.41, 5.74) is 2.77. The van der Waals surface area contributed by atoms with Crippen LogP contribution in [0.4, 0.5) is 5.69 Å². The third-order valence-electron chi connectivity index (χ3n) is 4.77. The van der Waals surface area contributed by atoms with Gasteiger partial charge >= 0.3 is 5.97 Å². The van der Waals surface area contributed by atoms with Gasteiger partial charge in [0, 0.05) is 17.0 Å². The van der Waals surface area contributed by atoms with Gasteiger partial charge in [-0.25, -0.2) is 4.98 Å². The molecule has 0 aliphatic heterocycles. The number of carbonyl (C=O) groups excluding carboxylic acids is 2. The quantitative estimate of drug-likeness (QED) is 0.276. The van der Waals surface area contributed by atoms with Gasteiger partial charge in [0.2, 0.25) is 5.91 Å². The Morgan fingerprint density at radius 1 is 1.15 bits per heavy atom. The van der Waals surface area contributed by atoms with Gasteiger partial charge in [0.15, 0.2) is 0 Å². The molecule has 1 amide bonds. The number of amides is 1. The molecule has 0 saturated carbocycles. The monoisotopic (exact) mass is 467 g/mol. The number of nitro benzene ring substituents is 1. The highest BCUT2D eigenvalue weighted by Gasteiger charge is 2.27. The number of carbonyl (C=O) groups is 2. The van der Waals surface area contributed by atoms with E-state index in [-0.39, 0.29) is 30.2 Å². The highest BCUT2D eigenvalue weighted by Crippen LogP contribution is 2.28. The summed E-state index contributed by atoms with van der Waals surface area (Å²) in [4.78, 5) is 40.6. The first-order chi connectivity index (χ1) is 15.7. The second-order valence-electron chi connectivity index (χ2n) is 7.87. The summed E-state index contributed by atoms with van der Waals surface area (Å²) in [5.74, 6) is -0.944. The Morgan fingerprint density at radius 3 is 2.52 bits per heavy atom. The summed E-state index contributed by atoms with van der Waals surface area (Å²) < 4.78 is 5.19. The fourth-order valence-electron chi connectivity index (χ4n) is 3.29. The average molecular weight is 468 g/mol. The molecule has 0 aliphatic rings. The summed E-state index contributed by atoms with van der Waals surface area (Å²) in [6.45, 7) is 5.43. The summed E-state index contributed by atoms with van der Waals surface area (Å²) in [5, 5.41) is 16.9. The number of nitrogens with zero attached hydrogens (tertiary/aromatic N) is 2. The number of benzene rings is 2. The summed E-state index contributed by atoms with van der Waals surface area (Å²) in [6.07, 6.45) is -0.575. The van der Waals surface area contributed by atoms with Crippen LogP contribution in [0.1, 0.15) is 43.1 Å². The van der Waals surface area contributed by atoms with E-state index in [9.17, 15) is 19.7 Å². The number of aromatic nitrogens is 1. The molecule has 0 fully saturated rings. The normalized spacial score (nSPS) is 11.8. The van der Waals surface area contributed by atoms with E-state index in [0.717, 1.165) is 16.1 Å². The van der Waals surface area contributed by atoms with Crippen LogP contribution in [-0.4, -0.2) is 27.9 Å². The Morgan fingerprint density at radius 2 is 1.85 bits per heavy atom. The summed E-state index contributed by atoms with van der Waals surface area (Å²) in [7, 11) is 0. The third-order valence-corrected chi connectivity index (χ3v) is 5.71. The molecule has 1 atom stereocenters. The van der Waals surface area contributed by atoms with E-state index < -0.39 is 22.8 Å². The van der Waals surface area contributed by atoms with Crippen molar-refractivity contribution in [2.45, 2.75) is 45.8 Å². The number of esters is 1. The van der Waals surface area contributed by atoms with Crippen LogP contribution in [0.3, 0.4) is 0 Å². The highest BCUT2D eigenvalue weighted by atomic mass is 32.1. The lowest BCUT2D eigenvalue weighted by atomic mass is 10.0. The Hall–Kier alpha value is -3.59. The van der Waals surface area contributed by atoms with E-state index >= 15 is 0 Å². The lowest BCUT2D eigenvalue weighted by Gasteiger charge is -2.19. The second-order valence-corrected chi connectivity index (χ2v) is 8.72. The van der Waals surface area contributed by atoms with Crippen molar-refractivity contribution < 1.29 is 19.2 Å². The Balaban J connectivity index is 1.77. The van der Waals surface area contributed by atoms with Crippen molar-refractivity contribution in [3.8, 4) is 10.6 Å². The number of hydrogen-bond acceptors (Lipinski definition) is 7. The van der Waals surface area contributed by atoms with Crippen LogP contribution in [-0.2, 0) is 20.7 Å². The van der Waals surface area contributed by atoms with Gasteiger partial charge < -0.3 is 10.1 Å². The Kier molecular flexibility index (Phi) is 7.89. The molecule has 0 aliphatic carbocycles. The fraction of sp³-hybridized carbons (Fsp3) is 0.292. The molecule has 0 saturated heterocycles. The second kappa shape index (κ2) is 10.8. The number of ether oxygens (including phenoxy) is 1. The largest absolute Gasteiger partial charge is 0.463 e. The number of hydrogen-bond donors (Lipinski definition) is 1. The molecule has 172 valence electrons. The zero-order chi connectivity index (χ0) is 24.0. The first kappa shape index (κ1) is 24.1. The number of rotatable bonds is 9. The maximum absolute atomic E-state index is 12.8. The number of nitro groups is 1. The van der Waals surface area contributed by atoms with Crippen molar-refractivity contribution in [3.63, 3.8) is 0 Å². The van der Waals surface area contributed by atoms with Crippen LogP contribution in [0.25, 0.3) is 10.6 Å². The van der Waals surface area contributed by atoms with E-state index in [1.165, 1.54) is 29.5 Å². The first-order valence-corrected chi connectivity index (χ1v) is 11.3. The van der Waals surface area contributed by atoms with E-state index in [4.69, 9.17) is 4.74 Å². The highest BCUT2D eigenvalue weighted by molar-refractivity contribution is 7.13. The van der Waals surface area contributed by atoms with E-state index in [2.05, 4.69) is 10.3 Å². The predicted molar refractivity (Wildman–Crippen MR) is 126 cm³/mol. The van der Waals surface area contributed by atoms with Crippen molar-refractivity contribution in [2.75, 3.05) is 0 Å². The zero-order valence-electron chi connectivity index (χ0n) is 18.6. The van der Waals surface area contributed by atoms with Gasteiger partial charge in [-0.3, -0.25) is 19.7 Å². The molecule has 1 heterocycles. The minimum absolute atomic E-state index is 0.0152. The van der Waals surface area contributed by atoms with Crippen molar-refractivity contribution in [1.29, 1.82) is 0 Å². The number of thiazole rings is 1. The van der Waals surface area contributed by atoms with Crippen LogP contribution in [0.5, 0.6) is 0 Å². The van der Waals surface area contributed by atoms with E-state index in [0.29, 0.717) is 5.69 Å². The van der Waals surface area contributed by atoms with Crippen LogP contribution in [0.2, 0.25) is 0 Å². The van der Waals surface area contributed by atoms with Crippen LogP contribution in [0, 0.1) is 17.0 Å². The van der Waals surface area contributed by atoms with Gasteiger partial charge in [0.05, 0.1) is 41.2 Å². The molecular weight excluding hydrogens is 442 g/mol. The number of para-hydroxylation sites is 1. The van der Waals surface area contributed by atoms with Crippen LogP contribution in [0.15, 0.2) is 53.9 Å². The maximum Gasteiger partial charge on any atom is 0.308 e. The molecule has 1 unspecified atom stereocenters. The molecule has 3 aromatic rings.